The average molecular weight is 525 g/mol. The zero-order valence-corrected chi connectivity index (χ0v) is 20.4. The normalized spacial score (nSPS) is 15.9. The van der Waals surface area contributed by atoms with Gasteiger partial charge in [0.2, 0.25) is 6.79 Å². The second-order valence-corrected chi connectivity index (χ2v) is 8.90. The zero-order chi connectivity index (χ0) is 25.4. The minimum Gasteiger partial charge on any atom is -0.486 e. The van der Waals surface area contributed by atoms with Crippen LogP contribution in [0.4, 0.5) is 10.5 Å². The Bertz CT molecular complexity index is 1410. The van der Waals surface area contributed by atoms with Crippen LogP contribution in [0.3, 0.4) is 0 Å². The molecule has 2 aliphatic heterocycles. The Labute approximate surface area is 216 Å². The lowest BCUT2D eigenvalue weighted by Gasteiger charge is -2.26. The van der Waals surface area contributed by atoms with Crippen LogP contribution in [0.25, 0.3) is 6.08 Å². The molecule has 0 radical (unpaired) electrons. The Morgan fingerprint density at radius 1 is 0.972 bits per heavy atom. The van der Waals surface area contributed by atoms with Crippen LogP contribution in [-0.4, -0.2) is 24.6 Å². The summed E-state index contributed by atoms with van der Waals surface area (Å²) in [5.74, 6) is -0.0410. The first-order chi connectivity index (χ1) is 17.3. The van der Waals surface area contributed by atoms with Crippen LogP contribution < -0.4 is 24.4 Å². The topological polar surface area (TPSA) is 94.2 Å². The maximum absolute atomic E-state index is 13.1. The molecule has 0 spiro atoms. The predicted molar refractivity (Wildman–Crippen MR) is 134 cm³/mol. The first kappa shape index (κ1) is 23.7. The molecule has 36 heavy (non-hydrogen) atoms. The Morgan fingerprint density at radius 2 is 1.67 bits per heavy atom. The standard InChI is InChI=1S/C26H18Cl2N2O6/c1-14-2-5-17(6-3-14)30-25(32)18(24(31)29-26(30)33)8-16-9-19(27)23(20(28)10-16)34-12-15-4-7-21-22(11-15)36-13-35-21/h2-11H,12-13H2,1H3,(H,29,31,33)/b18-8+. The second kappa shape index (κ2) is 9.56. The molecule has 5 rings (SSSR count). The first-order valence-corrected chi connectivity index (χ1v) is 11.5. The molecule has 0 saturated carbocycles. The molecule has 0 aliphatic carbocycles. The number of fused-ring (bicyclic) bond motifs is 1. The quantitative estimate of drug-likeness (QED) is 0.360. The molecule has 2 heterocycles. The molecular weight excluding hydrogens is 507 g/mol. The molecule has 0 atom stereocenters. The van der Waals surface area contributed by atoms with Crippen LogP contribution in [-0.2, 0) is 16.2 Å². The molecule has 3 aromatic carbocycles. The number of anilines is 1. The Morgan fingerprint density at radius 3 is 2.39 bits per heavy atom. The molecule has 10 heteroatoms. The van der Waals surface area contributed by atoms with Gasteiger partial charge in [-0.15, -0.1) is 0 Å². The van der Waals surface area contributed by atoms with Crippen molar-refractivity contribution in [2.75, 3.05) is 11.7 Å². The Kier molecular flexibility index (Phi) is 6.30. The third-order valence-electron chi connectivity index (χ3n) is 5.55. The smallest absolute Gasteiger partial charge is 0.335 e. The lowest BCUT2D eigenvalue weighted by molar-refractivity contribution is -0.122. The van der Waals surface area contributed by atoms with E-state index in [0.29, 0.717) is 22.7 Å². The van der Waals surface area contributed by atoms with Crippen LogP contribution in [0.15, 0.2) is 60.2 Å². The molecule has 0 aromatic heterocycles. The van der Waals surface area contributed by atoms with Gasteiger partial charge in [0.25, 0.3) is 11.8 Å². The Balaban J connectivity index is 1.38. The van der Waals surface area contributed by atoms with Crippen LogP contribution in [0.5, 0.6) is 17.2 Å². The fraction of sp³-hybridized carbons (Fsp3) is 0.115. The van der Waals surface area contributed by atoms with E-state index >= 15 is 0 Å². The third kappa shape index (κ3) is 4.60. The van der Waals surface area contributed by atoms with Crippen LogP contribution in [0.1, 0.15) is 16.7 Å². The minimum absolute atomic E-state index is 0.172. The van der Waals surface area contributed by atoms with E-state index in [-0.39, 0.29) is 34.8 Å². The number of aryl methyl sites for hydroxylation is 1. The van der Waals surface area contributed by atoms with Gasteiger partial charge in [-0.05, 0) is 60.5 Å². The Hall–Kier alpha value is -4.01. The lowest BCUT2D eigenvalue weighted by atomic mass is 10.1. The van der Waals surface area contributed by atoms with Crippen LogP contribution in [0, 0.1) is 6.92 Å². The largest absolute Gasteiger partial charge is 0.486 e. The van der Waals surface area contributed by atoms with Gasteiger partial charge in [0.1, 0.15) is 12.2 Å². The number of barbiturate groups is 1. The fourth-order valence-electron chi connectivity index (χ4n) is 3.74. The summed E-state index contributed by atoms with van der Waals surface area (Å²) < 4.78 is 16.5. The number of carbonyl (C=O) groups is 3. The van der Waals surface area contributed by atoms with Crippen molar-refractivity contribution in [2.45, 2.75) is 13.5 Å². The van der Waals surface area contributed by atoms with E-state index in [1.807, 2.05) is 13.0 Å². The van der Waals surface area contributed by atoms with Gasteiger partial charge < -0.3 is 14.2 Å². The van der Waals surface area contributed by atoms with Gasteiger partial charge in [-0.2, -0.15) is 0 Å². The number of imide groups is 2. The zero-order valence-electron chi connectivity index (χ0n) is 18.8. The monoisotopic (exact) mass is 524 g/mol. The minimum atomic E-state index is -0.825. The number of urea groups is 1. The molecule has 1 saturated heterocycles. The molecule has 1 fully saturated rings. The molecule has 182 valence electrons. The summed E-state index contributed by atoms with van der Waals surface area (Å²) in [4.78, 5) is 38.8. The van der Waals surface area contributed by atoms with Gasteiger partial charge in [-0.25, -0.2) is 9.69 Å². The van der Waals surface area contributed by atoms with E-state index in [0.717, 1.165) is 16.0 Å². The van der Waals surface area contributed by atoms with Crippen LogP contribution >= 0.6 is 23.2 Å². The molecule has 3 aromatic rings. The average Bonchev–Trinajstić information content (AvgIpc) is 3.30. The predicted octanol–water partition coefficient (Wildman–Crippen LogP) is 5.28. The number of hydrogen-bond acceptors (Lipinski definition) is 6. The van der Waals surface area contributed by atoms with Crippen molar-refractivity contribution in [3.8, 4) is 17.2 Å². The summed E-state index contributed by atoms with van der Waals surface area (Å²) in [6.07, 6.45) is 1.32. The molecule has 4 amide bonds. The summed E-state index contributed by atoms with van der Waals surface area (Å²) in [5.41, 5.74) is 2.27. The molecule has 0 unspecified atom stereocenters. The van der Waals surface area contributed by atoms with E-state index in [2.05, 4.69) is 5.32 Å². The first-order valence-electron chi connectivity index (χ1n) is 10.8. The number of nitrogens with zero attached hydrogens (tertiary/aromatic N) is 1. The lowest BCUT2D eigenvalue weighted by Crippen LogP contribution is -2.54. The number of benzene rings is 3. The number of amides is 4. The number of rotatable bonds is 5. The fourth-order valence-corrected chi connectivity index (χ4v) is 4.35. The molecule has 0 bridgehead atoms. The van der Waals surface area contributed by atoms with Crippen LogP contribution in [0.2, 0.25) is 10.0 Å². The summed E-state index contributed by atoms with van der Waals surface area (Å²) in [5, 5.41) is 2.56. The van der Waals surface area contributed by atoms with Gasteiger partial charge in [-0.1, -0.05) is 47.0 Å². The highest BCUT2D eigenvalue weighted by atomic mass is 35.5. The van der Waals surface area contributed by atoms with Gasteiger partial charge >= 0.3 is 6.03 Å². The highest BCUT2D eigenvalue weighted by Crippen LogP contribution is 2.37. The van der Waals surface area contributed by atoms with E-state index in [4.69, 9.17) is 37.4 Å². The molecule has 1 N–H and O–H groups in total. The second-order valence-electron chi connectivity index (χ2n) is 8.08. The molecular formula is C26H18Cl2N2O6. The summed E-state index contributed by atoms with van der Waals surface area (Å²) in [7, 11) is 0. The number of ether oxygens (including phenoxy) is 3. The number of carbonyl (C=O) groups excluding carboxylic acids is 3. The van der Waals surface area contributed by atoms with Crippen molar-refractivity contribution >= 4 is 52.8 Å². The van der Waals surface area contributed by atoms with Crippen molar-refractivity contribution in [3.05, 3.63) is 86.9 Å². The third-order valence-corrected chi connectivity index (χ3v) is 6.11. The van der Waals surface area contributed by atoms with Crippen molar-refractivity contribution in [1.29, 1.82) is 0 Å². The molecule has 2 aliphatic rings. The number of halogens is 2. The SMILES string of the molecule is Cc1ccc(N2C(=O)NC(=O)/C(=C\c3cc(Cl)c(OCc4ccc5c(c4)OCO5)c(Cl)c3)C2=O)cc1. The van der Waals surface area contributed by atoms with Crippen molar-refractivity contribution in [3.63, 3.8) is 0 Å². The molecule has 8 nitrogen and oxygen atoms in total. The highest BCUT2D eigenvalue weighted by molar-refractivity contribution is 6.40. The summed E-state index contributed by atoms with van der Waals surface area (Å²) >= 11 is 12.8. The maximum Gasteiger partial charge on any atom is 0.335 e. The van der Waals surface area contributed by atoms with Gasteiger partial charge in [-0.3, -0.25) is 14.9 Å². The number of nitrogens with one attached hydrogen (secondary N) is 1. The van der Waals surface area contributed by atoms with Gasteiger partial charge in [0.15, 0.2) is 17.2 Å². The summed E-state index contributed by atoms with van der Waals surface area (Å²) in [6, 6.07) is 14.4. The number of hydrogen-bond donors (Lipinski definition) is 1. The van der Waals surface area contributed by atoms with Crippen molar-refractivity contribution < 1.29 is 28.6 Å². The maximum atomic E-state index is 13.1. The van der Waals surface area contributed by atoms with Crippen molar-refractivity contribution in [2.24, 2.45) is 0 Å². The van der Waals surface area contributed by atoms with Gasteiger partial charge in [0.05, 0.1) is 15.7 Å². The summed E-state index contributed by atoms with van der Waals surface area (Å²) in [6.45, 7) is 2.23. The van der Waals surface area contributed by atoms with E-state index in [1.165, 1.54) is 18.2 Å². The van der Waals surface area contributed by atoms with E-state index in [9.17, 15) is 14.4 Å². The van der Waals surface area contributed by atoms with E-state index in [1.54, 1.807) is 36.4 Å². The highest BCUT2D eigenvalue weighted by Gasteiger charge is 2.36. The van der Waals surface area contributed by atoms with E-state index < -0.39 is 17.8 Å². The van der Waals surface area contributed by atoms with Crippen molar-refractivity contribution in [1.82, 2.24) is 5.32 Å². The van der Waals surface area contributed by atoms with Gasteiger partial charge in [0, 0.05) is 0 Å².